The molecule has 7 nitrogen and oxygen atoms in total. The second-order valence-electron chi connectivity index (χ2n) is 11.8. The average Bonchev–Trinajstić information content (AvgIpc) is 2.99. The summed E-state index contributed by atoms with van der Waals surface area (Å²) in [7, 11) is -3.56. The van der Waals surface area contributed by atoms with E-state index in [2.05, 4.69) is 5.32 Å². The van der Waals surface area contributed by atoms with Gasteiger partial charge in [-0.25, -0.2) is 8.42 Å². The number of hydrogen-bond acceptors (Lipinski definition) is 4. The van der Waals surface area contributed by atoms with Gasteiger partial charge >= 0.3 is 0 Å². The third-order valence-corrected chi connectivity index (χ3v) is 9.54. The van der Waals surface area contributed by atoms with Gasteiger partial charge in [0.25, 0.3) is 0 Å². The van der Waals surface area contributed by atoms with Crippen molar-refractivity contribution in [2.75, 3.05) is 17.1 Å². The highest BCUT2D eigenvalue weighted by atomic mass is 32.2. The third-order valence-electron chi connectivity index (χ3n) is 8.35. The molecule has 0 unspecified atom stereocenters. The lowest BCUT2D eigenvalue weighted by molar-refractivity contribution is -0.141. The van der Waals surface area contributed by atoms with Crippen molar-refractivity contribution in [3.63, 3.8) is 0 Å². The van der Waals surface area contributed by atoms with Crippen LogP contribution in [0.25, 0.3) is 0 Å². The lowest BCUT2D eigenvalue weighted by atomic mass is 9.94. The van der Waals surface area contributed by atoms with Crippen LogP contribution in [0.1, 0.15) is 67.2 Å². The molecule has 0 aliphatic heterocycles. The van der Waals surface area contributed by atoms with Crippen LogP contribution in [-0.4, -0.2) is 50.0 Å². The van der Waals surface area contributed by atoms with Gasteiger partial charge in [0.1, 0.15) is 6.04 Å². The average molecular weight is 604 g/mol. The molecule has 2 amide bonds. The zero-order valence-electron chi connectivity index (χ0n) is 25.7. The van der Waals surface area contributed by atoms with Crippen molar-refractivity contribution in [1.82, 2.24) is 10.2 Å². The van der Waals surface area contributed by atoms with E-state index in [9.17, 15) is 18.0 Å². The molecule has 1 N–H and O–H groups in total. The second-order valence-corrected chi connectivity index (χ2v) is 13.7. The number of hydrogen-bond donors (Lipinski definition) is 1. The molecule has 3 aromatic carbocycles. The number of amides is 2. The lowest BCUT2D eigenvalue weighted by Gasteiger charge is -2.34. The van der Waals surface area contributed by atoms with Gasteiger partial charge in [0, 0.05) is 32.0 Å². The smallest absolute Gasteiger partial charge is 0.243 e. The quantitative estimate of drug-likeness (QED) is 0.262. The van der Waals surface area contributed by atoms with Crippen molar-refractivity contribution in [2.45, 2.75) is 83.8 Å². The fraction of sp³-hybridized carbons (Fsp3) is 0.429. The van der Waals surface area contributed by atoms with Crippen LogP contribution in [0.4, 0.5) is 5.69 Å². The molecular weight excluding hydrogens is 558 g/mol. The first-order chi connectivity index (χ1) is 20.6. The number of nitrogens with one attached hydrogen (secondary N) is 1. The summed E-state index contributed by atoms with van der Waals surface area (Å²) in [6.45, 7) is 4.40. The molecule has 1 fully saturated rings. The number of aryl methyl sites for hydroxylation is 2. The Labute approximate surface area is 257 Å². The maximum atomic E-state index is 14.0. The molecule has 0 aromatic heterocycles. The van der Waals surface area contributed by atoms with Crippen LogP contribution >= 0.6 is 0 Å². The number of sulfonamides is 1. The zero-order chi connectivity index (χ0) is 30.8. The van der Waals surface area contributed by atoms with Gasteiger partial charge < -0.3 is 10.2 Å². The first-order valence-electron chi connectivity index (χ1n) is 15.3. The van der Waals surface area contributed by atoms with E-state index in [1.165, 1.54) is 17.0 Å². The van der Waals surface area contributed by atoms with E-state index in [-0.39, 0.29) is 30.8 Å². The van der Waals surface area contributed by atoms with Crippen LogP contribution in [0.2, 0.25) is 0 Å². The zero-order valence-corrected chi connectivity index (χ0v) is 26.5. The standard InChI is InChI=1S/C35H45N3O4S/c1-27-21-22-32(24-28(27)2)38(43(3,41)42)23-13-20-34(39)37(26-30-16-9-5-10-17-30)33(25-29-14-7-4-8-15-29)35(40)36-31-18-11-6-12-19-31/h4-5,7-10,14-17,21-22,24,31,33H,6,11-13,18-20,23,25-26H2,1-3H3,(H,36,40)/t33-/m1/s1. The Kier molecular flexibility index (Phi) is 11.4. The molecule has 0 spiro atoms. The summed E-state index contributed by atoms with van der Waals surface area (Å²) in [5.41, 5.74) is 4.60. The summed E-state index contributed by atoms with van der Waals surface area (Å²) in [6, 6.07) is 24.5. The fourth-order valence-corrected chi connectivity index (χ4v) is 6.72. The molecule has 43 heavy (non-hydrogen) atoms. The normalized spacial score (nSPS) is 14.6. The summed E-state index contributed by atoms with van der Waals surface area (Å²) in [5, 5.41) is 3.27. The van der Waals surface area contributed by atoms with E-state index in [1.807, 2.05) is 86.6 Å². The monoisotopic (exact) mass is 603 g/mol. The number of benzene rings is 3. The molecule has 1 atom stereocenters. The summed E-state index contributed by atoms with van der Waals surface area (Å²) in [5.74, 6) is -0.301. The first-order valence-corrected chi connectivity index (χ1v) is 17.2. The van der Waals surface area contributed by atoms with Crippen LogP contribution < -0.4 is 9.62 Å². The molecule has 0 saturated heterocycles. The Morgan fingerprint density at radius 1 is 0.860 bits per heavy atom. The third kappa shape index (κ3) is 9.42. The molecule has 0 bridgehead atoms. The topological polar surface area (TPSA) is 86.8 Å². The van der Waals surface area contributed by atoms with Gasteiger partial charge in [0.2, 0.25) is 21.8 Å². The number of nitrogens with zero attached hydrogens (tertiary/aromatic N) is 2. The van der Waals surface area contributed by atoms with Gasteiger partial charge in [-0.2, -0.15) is 0 Å². The molecule has 8 heteroatoms. The van der Waals surface area contributed by atoms with Gasteiger partial charge in [0.15, 0.2) is 0 Å². The number of carbonyl (C=O) groups excluding carboxylic acids is 2. The molecule has 1 aliphatic carbocycles. The van der Waals surface area contributed by atoms with Gasteiger partial charge in [0.05, 0.1) is 11.9 Å². The highest BCUT2D eigenvalue weighted by Gasteiger charge is 2.32. The largest absolute Gasteiger partial charge is 0.352 e. The minimum Gasteiger partial charge on any atom is -0.352 e. The minimum atomic E-state index is -3.56. The predicted molar refractivity (Wildman–Crippen MR) is 173 cm³/mol. The van der Waals surface area contributed by atoms with Gasteiger partial charge in [-0.1, -0.05) is 86.0 Å². The van der Waals surface area contributed by atoms with Crippen molar-refractivity contribution >= 4 is 27.5 Å². The van der Waals surface area contributed by atoms with E-state index in [0.717, 1.165) is 47.9 Å². The van der Waals surface area contributed by atoms with Crippen molar-refractivity contribution in [3.8, 4) is 0 Å². The van der Waals surface area contributed by atoms with E-state index in [4.69, 9.17) is 0 Å². The molecule has 230 valence electrons. The minimum absolute atomic E-state index is 0.117. The second kappa shape index (κ2) is 15.2. The molecule has 0 radical (unpaired) electrons. The lowest BCUT2D eigenvalue weighted by Crippen LogP contribution is -2.52. The maximum absolute atomic E-state index is 14.0. The molecule has 1 aliphatic rings. The fourth-order valence-electron chi connectivity index (χ4n) is 5.76. The van der Waals surface area contributed by atoms with Crippen molar-refractivity contribution in [2.24, 2.45) is 0 Å². The summed E-state index contributed by atoms with van der Waals surface area (Å²) < 4.78 is 26.9. The molecule has 0 heterocycles. The van der Waals surface area contributed by atoms with Gasteiger partial charge in [-0.05, 0) is 67.5 Å². The number of carbonyl (C=O) groups is 2. The summed E-state index contributed by atoms with van der Waals surface area (Å²) >= 11 is 0. The Balaban J connectivity index is 1.57. The SMILES string of the molecule is Cc1ccc(N(CCCC(=O)N(Cc2ccccc2)[C@H](Cc2ccccc2)C(=O)NC2CCCCC2)S(C)(=O)=O)cc1C. The first kappa shape index (κ1) is 32.3. The highest BCUT2D eigenvalue weighted by Crippen LogP contribution is 2.23. The van der Waals surface area contributed by atoms with Crippen LogP contribution in [0.5, 0.6) is 0 Å². The molecule has 3 aromatic rings. The van der Waals surface area contributed by atoms with Crippen molar-refractivity contribution in [3.05, 3.63) is 101 Å². The van der Waals surface area contributed by atoms with E-state index in [0.29, 0.717) is 25.1 Å². The maximum Gasteiger partial charge on any atom is 0.243 e. The molecule has 1 saturated carbocycles. The molecular formula is C35H45N3O4S. The van der Waals surface area contributed by atoms with Crippen LogP contribution in [0, 0.1) is 13.8 Å². The Hall–Kier alpha value is -3.65. The van der Waals surface area contributed by atoms with Crippen LogP contribution in [0.3, 0.4) is 0 Å². The predicted octanol–water partition coefficient (Wildman–Crippen LogP) is 5.94. The van der Waals surface area contributed by atoms with E-state index in [1.54, 1.807) is 11.0 Å². The summed E-state index contributed by atoms with van der Waals surface area (Å²) in [6.07, 6.45) is 7.32. The van der Waals surface area contributed by atoms with E-state index >= 15 is 0 Å². The van der Waals surface area contributed by atoms with Gasteiger partial charge in [-0.15, -0.1) is 0 Å². The van der Waals surface area contributed by atoms with Crippen LogP contribution in [0.15, 0.2) is 78.9 Å². The van der Waals surface area contributed by atoms with E-state index < -0.39 is 16.1 Å². The molecule has 4 rings (SSSR count). The van der Waals surface area contributed by atoms with Gasteiger partial charge in [-0.3, -0.25) is 13.9 Å². The van der Waals surface area contributed by atoms with Crippen molar-refractivity contribution < 1.29 is 18.0 Å². The number of anilines is 1. The number of rotatable bonds is 13. The van der Waals surface area contributed by atoms with Crippen molar-refractivity contribution in [1.29, 1.82) is 0 Å². The van der Waals surface area contributed by atoms with Crippen LogP contribution in [-0.2, 0) is 32.6 Å². The Bertz CT molecular complexity index is 1450. The Morgan fingerprint density at radius 2 is 1.49 bits per heavy atom. The Morgan fingerprint density at radius 3 is 2.09 bits per heavy atom. The summed E-state index contributed by atoms with van der Waals surface area (Å²) in [4.78, 5) is 29.6. The highest BCUT2D eigenvalue weighted by molar-refractivity contribution is 7.92.